The third-order valence-electron chi connectivity index (χ3n) is 9.92. The molecule has 0 aromatic carbocycles. The molecule has 11 nitrogen and oxygen atoms in total. The van der Waals surface area contributed by atoms with Crippen molar-refractivity contribution < 1.29 is 47.5 Å². The van der Waals surface area contributed by atoms with E-state index in [9.17, 15) is 23.8 Å². The second-order valence-corrected chi connectivity index (χ2v) is 17.0. The molecule has 57 heavy (non-hydrogen) atoms. The molecule has 0 rings (SSSR count). The third-order valence-corrected chi connectivity index (χ3v) is 10.9. The number of phosphoric acid groups is 1. The summed E-state index contributed by atoms with van der Waals surface area (Å²) in [4.78, 5) is 46.0. The summed E-state index contributed by atoms with van der Waals surface area (Å²) in [6.45, 7) is 2.80. The first-order valence-corrected chi connectivity index (χ1v) is 24.4. The Balaban J connectivity index is 4.34. The Bertz CT molecular complexity index is 1070. The van der Waals surface area contributed by atoms with Crippen LogP contribution in [0.1, 0.15) is 213 Å². The number of esters is 2. The van der Waals surface area contributed by atoms with Gasteiger partial charge < -0.3 is 25.2 Å². The van der Waals surface area contributed by atoms with E-state index < -0.39 is 51.1 Å². The van der Waals surface area contributed by atoms with Crippen molar-refractivity contribution in [1.82, 2.24) is 0 Å². The van der Waals surface area contributed by atoms with Gasteiger partial charge in [-0.1, -0.05) is 160 Å². The fraction of sp³-hybridized carbons (Fsp3) is 0.844. The van der Waals surface area contributed by atoms with Crippen molar-refractivity contribution in [2.45, 2.75) is 225 Å². The largest absolute Gasteiger partial charge is 0.480 e. The van der Waals surface area contributed by atoms with Crippen LogP contribution in [-0.2, 0) is 37.5 Å². The maximum Gasteiger partial charge on any atom is 0.472 e. The van der Waals surface area contributed by atoms with Gasteiger partial charge in [-0.15, -0.1) is 0 Å². The Morgan fingerprint density at radius 2 is 0.877 bits per heavy atom. The van der Waals surface area contributed by atoms with Crippen molar-refractivity contribution in [3.05, 3.63) is 24.3 Å². The van der Waals surface area contributed by atoms with Gasteiger partial charge in [0.25, 0.3) is 0 Å². The number of carboxylic acid groups (broad SMARTS) is 1. The number of aliphatic carboxylic acids is 1. The SMILES string of the molecule is CCCCCCCC/C=C\CCCCCCCCCC(=O)OC[C@H](COP(=O)(O)OC[C@H](N)C(=O)O)OC(=O)CCCCCCC/C=C\CCCCCCCCC. The first-order valence-electron chi connectivity index (χ1n) is 22.9. The number of carbonyl (C=O) groups is 3. The predicted octanol–water partition coefficient (Wildman–Crippen LogP) is 12.2. The molecule has 0 bridgehead atoms. The number of hydrogen-bond donors (Lipinski definition) is 3. The topological polar surface area (TPSA) is 172 Å². The molecule has 0 aromatic rings. The molecule has 1 unspecified atom stereocenters. The monoisotopic (exact) mass is 830 g/mol. The molecule has 0 aliphatic carbocycles. The normalized spacial score (nSPS) is 13.9. The van der Waals surface area contributed by atoms with Gasteiger partial charge in [-0.25, -0.2) is 4.57 Å². The molecule has 4 N–H and O–H groups in total. The summed E-state index contributed by atoms with van der Waals surface area (Å²) >= 11 is 0. The summed E-state index contributed by atoms with van der Waals surface area (Å²) in [7, 11) is -4.72. The first kappa shape index (κ1) is 55.0. The molecule has 0 fully saturated rings. The lowest BCUT2D eigenvalue weighted by Crippen LogP contribution is -2.34. The van der Waals surface area contributed by atoms with Crippen molar-refractivity contribution in [2.75, 3.05) is 19.8 Å². The van der Waals surface area contributed by atoms with Crippen molar-refractivity contribution in [3.8, 4) is 0 Å². The van der Waals surface area contributed by atoms with Gasteiger partial charge in [0.05, 0.1) is 13.2 Å². The minimum atomic E-state index is -4.72. The van der Waals surface area contributed by atoms with E-state index >= 15 is 0 Å². The van der Waals surface area contributed by atoms with E-state index in [2.05, 4.69) is 42.7 Å². The fourth-order valence-corrected chi connectivity index (χ4v) is 7.07. The van der Waals surface area contributed by atoms with Gasteiger partial charge in [-0.2, -0.15) is 0 Å². The summed E-state index contributed by atoms with van der Waals surface area (Å²) in [6.07, 6.45) is 42.3. The first-order chi connectivity index (χ1) is 27.6. The molecule has 0 saturated carbocycles. The molecular formula is C45H84NO10P. The number of carboxylic acids is 1. The van der Waals surface area contributed by atoms with E-state index in [0.29, 0.717) is 12.8 Å². The summed E-state index contributed by atoms with van der Waals surface area (Å²) in [5.41, 5.74) is 5.34. The van der Waals surface area contributed by atoms with Gasteiger partial charge >= 0.3 is 25.7 Å². The predicted molar refractivity (Wildman–Crippen MR) is 231 cm³/mol. The molecule has 0 spiro atoms. The van der Waals surface area contributed by atoms with Crippen LogP contribution in [0.25, 0.3) is 0 Å². The number of rotatable bonds is 43. The average Bonchev–Trinajstić information content (AvgIpc) is 3.19. The Morgan fingerprint density at radius 1 is 0.526 bits per heavy atom. The molecule has 12 heteroatoms. The van der Waals surface area contributed by atoms with E-state index in [1.807, 2.05) is 0 Å². The Hall–Kier alpha value is -2.04. The lowest BCUT2D eigenvalue weighted by Gasteiger charge is -2.20. The quantitative estimate of drug-likeness (QED) is 0.0231. The molecule has 0 radical (unpaired) electrons. The highest BCUT2D eigenvalue weighted by Crippen LogP contribution is 2.43. The molecule has 0 aliphatic rings. The maximum atomic E-state index is 12.6. The third kappa shape index (κ3) is 40.5. The average molecular weight is 830 g/mol. The zero-order chi connectivity index (χ0) is 42.1. The van der Waals surface area contributed by atoms with Crippen molar-refractivity contribution in [1.29, 1.82) is 0 Å². The lowest BCUT2D eigenvalue weighted by atomic mass is 10.1. The van der Waals surface area contributed by atoms with E-state index in [1.54, 1.807) is 0 Å². The highest BCUT2D eigenvalue weighted by molar-refractivity contribution is 7.47. The van der Waals surface area contributed by atoms with Gasteiger partial charge in [0, 0.05) is 12.8 Å². The van der Waals surface area contributed by atoms with Crippen molar-refractivity contribution in [3.63, 3.8) is 0 Å². The second-order valence-electron chi connectivity index (χ2n) is 15.5. The summed E-state index contributed by atoms with van der Waals surface area (Å²) in [5, 5.41) is 8.89. The molecule has 0 heterocycles. The zero-order valence-electron chi connectivity index (χ0n) is 36.2. The van der Waals surface area contributed by atoms with Gasteiger partial charge in [-0.3, -0.25) is 23.4 Å². The van der Waals surface area contributed by atoms with E-state index in [-0.39, 0.29) is 19.4 Å². The van der Waals surface area contributed by atoms with Crippen LogP contribution in [0.3, 0.4) is 0 Å². The Labute approximate surface area is 347 Å². The van der Waals surface area contributed by atoms with E-state index in [1.165, 1.54) is 109 Å². The Morgan fingerprint density at radius 3 is 1.28 bits per heavy atom. The van der Waals surface area contributed by atoms with Crippen LogP contribution in [0.2, 0.25) is 0 Å². The number of carbonyl (C=O) groups excluding carboxylic acids is 2. The summed E-state index contributed by atoms with van der Waals surface area (Å²) in [6, 6.07) is -1.52. The highest BCUT2D eigenvalue weighted by Gasteiger charge is 2.28. The molecule has 3 atom stereocenters. The van der Waals surface area contributed by atoms with Crippen LogP contribution in [0.15, 0.2) is 24.3 Å². The van der Waals surface area contributed by atoms with E-state index in [0.717, 1.165) is 64.2 Å². The van der Waals surface area contributed by atoms with Gasteiger partial charge in [0.1, 0.15) is 12.6 Å². The lowest BCUT2D eigenvalue weighted by molar-refractivity contribution is -0.161. The van der Waals surface area contributed by atoms with Crippen molar-refractivity contribution in [2.24, 2.45) is 5.73 Å². The maximum absolute atomic E-state index is 12.6. The second kappa shape index (κ2) is 40.7. The molecule has 334 valence electrons. The minimum Gasteiger partial charge on any atom is -0.480 e. The minimum absolute atomic E-state index is 0.152. The van der Waals surface area contributed by atoms with Crippen LogP contribution < -0.4 is 5.73 Å². The number of hydrogen-bond acceptors (Lipinski definition) is 9. The summed E-state index contributed by atoms with van der Waals surface area (Å²) < 4.78 is 32.7. The van der Waals surface area contributed by atoms with Crippen molar-refractivity contribution >= 4 is 25.7 Å². The van der Waals surface area contributed by atoms with Crippen LogP contribution in [0, 0.1) is 0 Å². The van der Waals surface area contributed by atoms with Crippen LogP contribution in [-0.4, -0.2) is 59.9 Å². The Kier molecular flexibility index (Phi) is 39.3. The standard InChI is InChI=1S/C45H84NO10P/c1-3-5-7-9-11-13-15-17-19-21-23-24-26-28-30-32-34-36-43(47)53-38-41(39-54-57(51,52)55-40-42(46)45(49)50)56-44(48)37-35-33-31-29-27-25-22-20-18-16-14-12-10-8-6-4-2/h17,19-20,22,41-42H,3-16,18,21,23-40,46H2,1-2H3,(H,49,50)(H,51,52)/b19-17-,22-20-/t41-,42+/m1/s1. The fourth-order valence-electron chi connectivity index (χ4n) is 6.29. The summed E-state index contributed by atoms with van der Waals surface area (Å²) in [5.74, 6) is -2.39. The van der Waals surface area contributed by atoms with Gasteiger partial charge in [0.2, 0.25) is 0 Å². The van der Waals surface area contributed by atoms with E-state index in [4.69, 9.17) is 24.8 Å². The number of nitrogens with two attached hydrogens (primary N) is 1. The number of unbranched alkanes of at least 4 members (excludes halogenated alkanes) is 25. The van der Waals surface area contributed by atoms with Crippen LogP contribution in [0.5, 0.6) is 0 Å². The molecule has 0 aliphatic heterocycles. The van der Waals surface area contributed by atoms with Gasteiger partial charge in [0.15, 0.2) is 6.10 Å². The molecule has 0 aromatic heterocycles. The van der Waals surface area contributed by atoms with Gasteiger partial charge in [-0.05, 0) is 64.2 Å². The zero-order valence-corrected chi connectivity index (χ0v) is 37.1. The van der Waals surface area contributed by atoms with Crippen LogP contribution >= 0.6 is 7.82 Å². The number of phosphoric ester groups is 1. The molecule has 0 amide bonds. The smallest absolute Gasteiger partial charge is 0.472 e. The van der Waals surface area contributed by atoms with Crippen LogP contribution in [0.4, 0.5) is 0 Å². The number of ether oxygens (including phenoxy) is 2. The number of allylic oxidation sites excluding steroid dienone is 4. The highest BCUT2D eigenvalue weighted by atomic mass is 31.2. The molecular weight excluding hydrogens is 745 g/mol. The molecule has 0 saturated heterocycles.